The predicted octanol–water partition coefficient (Wildman–Crippen LogP) is 2.60. The van der Waals surface area contributed by atoms with Crippen molar-refractivity contribution in [1.82, 2.24) is 0 Å². The molecule has 0 aliphatic rings. The third-order valence-corrected chi connectivity index (χ3v) is 2.33. The molecule has 1 unspecified atom stereocenters. The SMILES string of the molecule is COCCCCCC(O)C(C)(C)C. The van der Waals surface area contributed by atoms with Crippen LogP contribution < -0.4 is 0 Å². The minimum atomic E-state index is -0.171. The zero-order chi connectivity index (χ0) is 10.3. The Labute approximate surface area is 82.3 Å². The van der Waals surface area contributed by atoms with Gasteiger partial charge in [0, 0.05) is 13.7 Å². The van der Waals surface area contributed by atoms with Crippen LogP contribution in [0, 0.1) is 5.41 Å². The highest BCUT2D eigenvalue weighted by Gasteiger charge is 2.20. The van der Waals surface area contributed by atoms with Crippen molar-refractivity contribution < 1.29 is 9.84 Å². The summed E-state index contributed by atoms with van der Waals surface area (Å²) in [5.74, 6) is 0. The molecule has 1 N–H and O–H groups in total. The molecule has 0 aliphatic carbocycles. The first-order valence-corrected chi connectivity index (χ1v) is 5.15. The highest BCUT2D eigenvalue weighted by Crippen LogP contribution is 2.23. The van der Waals surface area contributed by atoms with Gasteiger partial charge in [-0.2, -0.15) is 0 Å². The lowest BCUT2D eigenvalue weighted by atomic mass is 9.86. The van der Waals surface area contributed by atoms with Crippen LogP contribution in [0.4, 0.5) is 0 Å². The maximum atomic E-state index is 9.71. The van der Waals surface area contributed by atoms with Gasteiger partial charge in [-0.3, -0.25) is 0 Å². The molecule has 0 fully saturated rings. The van der Waals surface area contributed by atoms with E-state index < -0.39 is 0 Å². The number of aliphatic hydroxyl groups excluding tert-OH is 1. The van der Waals surface area contributed by atoms with Gasteiger partial charge in [-0.15, -0.1) is 0 Å². The van der Waals surface area contributed by atoms with E-state index in [-0.39, 0.29) is 11.5 Å². The van der Waals surface area contributed by atoms with Gasteiger partial charge in [-0.05, 0) is 18.3 Å². The highest BCUT2D eigenvalue weighted by atomic mass is 16.5. The van der Waals surface area contributed by atoms with Gasteiger partial charge in [0.25, 0.3) is 0 Å². The number of hydrogen-bond donors (Lipinski definition) is 1. The largest absolute Gasteiger partial charge is 0.393 e. The third-order valence-electron chi connectivity index (χ3n) is 2.33. The monoisotopic (exact) mass is 188 g/mol. The van der Waals surface area contributed by atoms with Gasteiger partial charge in [0.2, 0.25) is 0 Å². The molecule has 80 valence electrons. The number of ether oxygens (including phenoxy) is 1. The van der Waals surface area contributed by atoms with Crippen molar-refractivity contribution in [3.8, 4) is 0 Å². The standard InChI is InChI=1S/C11H24O2/c1-11(2,3)10(12)8-6-5-7-9-13-4/h10,12H,5-9H2,1-4H3. The zero-order valence-electron chi connectivity index (χ0n) is 9.47. The molecular formula is C11H24O2. The molecule has 0 amide bonds. The first-order valence-electron chi connectivity index (χ1n) is 5.15. The summed E-state index contributed by atoms with van der Waals surface area (Å²) < 4.78 is 4.95. The Morgan fingerprint density at radius 2 is 1.77 bits per heavy atom. The van der Waals surface area contributed by atoms with Gasteiger partial charge in [0.15, 0.2) is 0 Å². The minimum Gasteiger partial charge on any atom is -0.393 e. The lowest BCUT2D eigenvalue weighted by Crippen LogP contribution is -2.25. The summed E-state index contributed by atoms with van der Waals surface area (Å²) >= 11 is 0. The molecule has 0 aromatic rings. The van der Waals surface area contributed by atoms with Crippen LogP contribution in [0.2, 0.25) is 0 Å². The third kappa shape index (κ3) is 7.03. The van der Waals surface area contributed by atoms with E-state index in [1.54, 1.807) is 7.11 Å². The summed E-state index contributed by atoms with van der Waals surface area (Å²) in [6.45, 7) is 7.07. The van der Waals surface area contributed by atoms with Gasteiger partial charge in [-0.25, -0.2) is 0 Å². The molecule has 0 saturated carbocycles. The Bertz CT molecular complexity index is 116. The fourth-order valence-corrected chi connectivity index (χ4v) is 1.19. The summed E-state index contributed by atoms with van der Waals surface area (Å²) in [6, 6.07) is 0. The molecule has 0 radical (unpaired) electrons. The minimum absolute atomic E-state index is 0.0290. The van der Waals surface area contributed by atoms with E-state index in [2.05, 4.69) is 20.8 Å². The number of methoxy groups -OCH3 is 1. The molecule has 0 aliphatic heterocycles. The van der Waals surface area contributed by atoms with Gasteiger partial charge >= 0.3 is 0 Å². The van der Waals surface area contributed by atoms with Crippen molar-refractivity contribution in [3.05, 3.63) is 0 Å². The molecule has 0 heterocycles. The number of aliphatic hydroxyl groups is 1. The van der Waals surface area contributed by atoms with Crippen LogP contribution >= 0.6 is 0 Å². The Kier molecular flexibility index (Phi) is 6.35. The highest BCUT2D eigenvalue weighted by molar-refractivity contribution is 4.72. The summed E-state index contributed by atoms with van der Waals surface area (Å²) in [6.07, 6.45) is 4.10. The Morgan fingerprint density at radius 1 is 1.15 bits per heavy atom. The molecule has 2 nitrogen and oxygen atoms in total. The number of rotatable bonds is 6. The summed E-state index contributed by atoms with van der Waals surface area (Å²) in [5.41, 5.74) is 0.0290. The maximum Gasteiger partial charge on any atom is 0.0588 e. The molecule has 0 aromatic heterocycles. The van der Waals surface area contributed by atoms with Crippen LogP contribution in [0.1, 0.15) is 46.5 Å². The fraction of sp³-hybridized carbons (Fsp3) is 1.00. The molecule has 0 aromatic carbocycles. The van der Waals surface area contributed by atoms with E-state index in [1.165, 1.54) is 0 Å². The summed E-state index contributed by atoms with van der Waals surface area (Å²) in [5, 5.41) is 9.71. The first-order chi connectivity index (χ1) is 5.98. The summed E-state index contributed by atoms with van der Waals surface area (Å²) in [7, 11) is 1.73. The van der Waals surface area contributed by atoms with Crippen LogP contribution in [0.25, 0.3) is 0 Å². The topological polar surface area (TPSA) is 29.5 Å². The van der Waals surface area contributed by atoms with Crippen LogP contribution in [-0.2, 0) is 4.74 Å². The molecule has 0 rings (SSSR count). The number of hydrogen-bond acceptors (Lipinski definition) is 2. The van der Waals surface area contributed by atoms with Crippen molar-refractivity contribution in [2.45, 2.75) is 52.6 Å². The van der Waals surface area contributed by atoms with Gasteiger partial charge in [-0.1, -0.05) is 33.6 Å². The van der Waals surface area contributed by atoms with E-state index in [0.29, 0.717) is 0 Å². The average molecular weight is 188 g/mol. The average Bonchev–Trinajstić information content (AvgIpc) is 2.02. The van der Waals surface area contributed by atoms with Crippen molar-refractivity contribution in [1.29, 1.82) is 0 Å². The Balaban J connectivity index is 3.32. The molecule has 0 spiro atoms. The second kappa shape index (κ2) is 6.39. The maximum absolute atomic E-state index is 9.71. The zero-order valence-corrected chi connectivity index (χ0v) is 9.47. The van der Waals surface area contributed by atoms with Crippen LogP contribution in [0.5, 0.6) is 0 Å². The van der Waals surface area contributed by atoms with E-state index in [4.69, 9.17) is 4.74 Å². The lowest BCUT2D eigenvalue weighted by molar-refractivity contribution is 0.0528. The Morgan fingerprint density at radius 3 is 2.23 bits per heavy atom. The van der Waals surface area contributed by atoms with Crippen LogP contribution in [-0.4, -0.2) is 24.9 Å². The predicted molar refractivity (Wildman–Crippen MR) is 55.8 cm³/mol. The first kappa shape index (κ1) is 12.9. The Hall–Kier alpha value is -0.0800. The van der Waals surface area contributed by atoms with Gasteiger partial charge < -0.3 is 9.84 Å². The quantitative estimate of drug-likeness (QED) is 0.649. The van der Waals surface area contributed by atoms with E-state index in [1.807, 2.05) is 0 Å². The van der Waals surface area contributed by atoms with E-state index in [9.17, 15) is 5.11 Å². The van der Waals surface area contributed by atoms with Crippen molar-refractivity contribution >= 4 is 0 Å². The second-order valence-corrected chi connectivity index (χ2v) is 4.72. The molecule has 2 heteroatoms. The second-order valence-electron chi connectivity index (χ2n) is 4.72. The summed E-state index contributed by atoms with van der Waals surface area (Å²) in [4.78, 5) is 0. The molecule has 0 bridgehead atoms. The molecular weight excluding hydrogens is 164 g/mol. The van der Waals surface area contributed by atoms with Crippen LogP contribution in [0.15, 0.2) is 0 Å². The number of unbranched alkanes of at least 4 members (excludes halogenated alkanes) is 2. The molecule has 1 atom stereocenters. The van der Waals surface area contributed by atoms with Crippen molar-refractivity contribution in [3.63, 3.8) is 0 Å². The normalized spacial score (nSPS) is 14.5. The smallest absolute Gasteiger partial charge is 0.0588 e. The van der Waals surface area contributed by atoms with Crippen molar-refractivity contribution in [2.75, 3.05) is 13.7 Å². The van der Waals surface area contributed by atoms with Crippen molar-refractivity contribution in [2.24, 2.45) is 5.41 Å². The van der Waals surface area contributed by atoms with E-state index in [0.717, 1.165) is 32.3 Å². The van der Waals surface area contributed by atoms with Gasteiger partial charge in [0.05, 0.1) is 6.10 Å². The molecule has 0 saturated heterocycles. The molecule has 13 heavy (non-hydrogen) atoms. The van der Waals surface area contributed by atoms with E-state index >= 15 is 0 Å². The fourth-order valence-electron chi connectivity index (χ4n) is 1.19. The van der Waals surface area contributed by atoms with Gasteiger partial charge in [0.1, 0.15) is 0 Å². The lowest BCUT2D eigenvalue weighted by Gasteiger charge is -2.25. The van der Waals surface area contributed by atoms with Crippen LogP contribution in [0.3, 0.4) is 0 Å².